The first-order chi connectivity index (χ1) is 8.54. The van der Waals surface area contributed by atoms with E-state index >= 15 is 0 Å². The Morgan fingerprint density at radius 1 is 1.44 bits per heavy atom. The van der Waals surface area contributed by atoms with Crippen LogP contribution in [0.1, 0.15) is 11.4 Å². The van der Waals surface area contributed by atoms with Crippen molar-refractivity contribution in [3.8, 4) is 11.1 Å². The van der Waals surface area contributed by atoms with E-state index in [9.17, 15) is 4.39 Å². The van der Waals surface area contributed by atoms with E-state index in [1.807, 2.05) is 21.0 Å². The van der Waals surface area contributed by atoms with Crippen LogP contribution in [0.2, 0.25) is 0 Å². The minimum Gasteiger partial charge on any atom is -0.314 e. The van der Waals surface area contributed by atoms with Crippen LogP contribution < -0.4 is 5.32 Å². The third-order valence-electron chi connectivity index (χ3n) is 2.88. The summed E-state index contributed by atoms with van der Waals surface area (Å²) < 4.78 is 16.6. The molecule has 1 heterocycles. The van der Waals surface area contributed by atoms with Gasteiger partial charge in [-0.1, -0.05) is 15.9 Å². The molecule has 18 heavy (non-hydrogen) atoms. The van der Waals surface area contributed by atoms with Gasteiger partial charge in [-0.05, 0) is 32.2 Å². The third kappa shape index (κ3) is 2.33. The van der Waals surface area contributed by atoms with Crippen LogP contribution in [0.15, 0.2) is 22.7 Å². The van der Waals surface area contributed by atoms with Gasteiger partial charge < -0.3 is 5.32 Å². The van der Waals surface area contributed by atoms with E-state index in [-0.39, 0.29) is 5.82 Å². The van der Waals surface area contributed by atoms with Crippen molar-refractivity contribution in [2.75, 3.05) is 7.05 Å². The lowest BCUT2D eigenvalue weighted by Gasteiger charge is -2.08. The first-order valence-electron chi connectivity index (χ1n) is 5.67. The largest absolute Gasteiger partial charge is 0.314 e. The van der Waals surface area contributed by atoms with E-state index in [1.54, 1.807) is 16.8 Å². The minimum atomic E-state index is -0.230. The number of rotatable bonds is 3. The van der Waals surface area contributed by atoms with E-state index in [1.165, 1.54) is 6.07 Å². The standard InChI is InChI=1S/C13H15BrFN3/c1-8-13(12(7-16-2)18(3)17-8)10-6-9(14)4-5-11(10)15/h4-6,16H,7H2,1-3H3. The summed E-state index contributed by atoms with van der Waals surface area (Å²) >= 11 is 3.38. The number of aryl methyl sites for hydroxylation is 2. The van der Waals surface area contributed by atoms with Gasteiger partial charge in [-0.3, -0.25) is 4.68 Å². The topological polar surface area (TPSA) is 29.9 Å². The van der Waals surface area contributed by atoms with Crippen LogP contribution in [0.5, 0.6) is 0 Å². The Bertz CT molecular complexity index is 578. The van der Waals surface area contributed by atoms with Crippen LogP contribution in [0, 0.1) is 12.7 Å². The third-order valence-corrected chi connectivity index (χ3v) is 3.38. The molecule has 0 radical (unpaired) electrons. The molecular weight excluding hydrogens is 297 g/mol. The first-order valence-corrected chi connectivity index (χ1v) is 6.46. The second-order valence-corrected chi connectivity index (χ2v) is 5.10. The Balaban J connectivity index is 2.66. The quantitative estimate of drug-likeness (QED) is 0.944. The number of nitrogens with zero attached hydrogens (tertiary/aromatic N) is 2. The molecule has 0 fully saturated rings. The normalized spacial score (nSPS) is 10.9. The Morgan fingerprint density at radius 2 is 2.17 bits per heavy atom. The number of halogens is 2. The number of nitrogens with one attached hydrogen (secondary N) is 1. The lowest BCUT2D eigenvalue weighted by atomic mass is 10.0. The van der Waals surface area contributed by atoms with Gasteiger partial charge in [0.2, 0.25) is 0 Å². The fourth-order valence-corrected chi connectivity index (χ4v) is 2.48. The van der Waals surface area contributed by atoms with Crippen LogP contribution in [-0.4, -0.2) is 16.8 Å². The molecule has 0 amide bonds. The van der Waals surface area contributed by atoms with Gasteiger partial charge >= 0.3 is 0 Å². The summed E-state index contributed by atoms with van der Waals surface area (Å²) in [6, 6.07) is 4.95. The molecule has 0 aliphatic heterocycles. The van der Waals surface area contributed by atoms with Crippen LogP contribution >= 0.6 is 15.9 Å². The molecule has 0 atom stereocenters. The highest BCUT2D eigenvalue weighted by molar-refractivity contribution is 9.10. The predicted molar refractivity (Wildman–Crippen MR) is 73.8 cm³/mol. The molecule has 1 aromatic carbocycles. The van der Waals surface area contributed by atoms with Crippen molar-refractivity contribution in [3.63, 3.8) is 0 Å². The molecule has 2 aromatic rings. The summed E-state index contributed by atoms with van der Waals surface area (Å²) in [6.07, 6.45) is 0. The van der Waals surface area contributed by atoms with Crippen LogP contribution in [0.4, 0.5) is 4.39 Å². The maximum absolute atomic E-state index is 14.0. The molecule has 5 heteroatoms. The van der Waals surface area contributed by atoms with Crippen LogP contribution in [0.3, 0.4) is 0 Å². The van der Waals surface area contributed by atoms with E-state index in [0.29, 0.717) is 12.1 Å². The molecule has 0 aliphatic carbocycles. The Hall–Kier alpha value is -1.20. The zero-order valence-electron chi connectivity index (χ0n) is 10.6. The van der Waals surface area contributed by atoms with Crippen LogP contribution in [0.25, 0.3) is 11.1 Å². The van der Waals surface area contributed by atoms with Crippen molar-refractivity contribution < 1.29 is 4.39 Å². The van der Waals surface area contributed by atoms with Crippen LogP contribution in [-0.2, 0) is 13.6 Å². The van der Waals surface area contributed by atoms with Gasteiger partial charge in [-0.2, -0.15) is 5.10 Å². The summed E-state index contributed by atoms with van der Waals surface area (Å²) in [5.41, 5.74) is 3.26. The Kier molecular flexibility index (Phi) is 3.82. The van der Waals surface area contributed by atoms with Gasteiger partial charge in [0.15, 0.2) is 0 Å². The fourth-order valence-electron chi connectivity index (χ4n) is 2.12. The lowest BCUT2D eigenvalue weighted by Crippen LogP contribution is -2.10. The lowest BCUT2D eigenvalue weighted by molar-refractivity contribution is 0.630. The molecule has 0 spiro atoms. The second kappa shape index (κ2) is 5.20. The number of benzene rings is 1. The highest BCUT2D eigenvalue weighted by Gasteiger charge is 2.17. The average molecular weight is 312 g/mol. The summed E-state index contributed by atoms with van der Waals surface area (Å²) in [6.45, 7) is 2.55. The van der Waals surface area contributed by atoms with Crippen molar-refractivity contribution in [1.29, 1.82) is 0 Å². The zero-order valence-corrected chi connectivity index (χ0v) is 12.2. The van der Waals surface area contributed by atoms with Crippen molar-refractivity contribution in [2.24, 2.45) is 7.05 Å². The van der Waals surface area contributed by atoms with Crippen molar-refractivity contribution in [1.82, 2.24) is 15.1 Å². The average Bonchev–Trinajstić information content (AvgIpc) is 2.58. The van der Waals surface area contributed by atoms with Crippen molar-refractivity contribution in [3.05, 3.63) is 39.9 Å². The van der Waals surface area contributed by atoms with Gasteiger partial charge in [-0.25, -0.2) is 4.39 Å². The number of hydrogen-bond donors (Lipinski definition) is 1. The van der Waals surface area contributed by atoms with Crippen molar-refractivity contribution >= 4 is 15.9 Å². The molecule has 96 valence electrons. The molecule has 0 saturated heterocycles. The molecular formula is C13H15BrFN3. The first kappa shape index (κ1) is 13.2. The smallest absolute Gasteiger partial charge is 0.131 e. The number of aromatic nitrogens is 2. The van der Waals surface area contributed by atoms with E-state index < -0.39 is 0 Å². The fraction of sp³-hybridized carbons (Fsp3) is 0.308. The zero-order chi connectivity index (χ0) is 13.3. The van der Waals surface area contributed by atoms with E-state index in [2.05, 4.69) is 26.3 Å². The monoisotopic (exact) mass is 311 g/mol. The Morgan fingerprint density at radius 3 is 2.83 bits per heavy atom. The highest BCUT2D eigenvalue weighted by Crippen LogP contribution is 2.31. The molecule has 0 bridgehead atoms. The maximum atomic E-state index is 14.0. The molecule has 2 rings (SSSR count). The van der Waals surface area contributed by atoms with E-state index in [4.69, 9.17) is 0 Å². The molecule has 1 N–H and O–H groups in total. The maximum Gasteiger partial charge on any atom is 0.131 e. The molecule has 3 nitrogen and oxygen atoms in total. The molecule has 0 unspecified atom stereocenters. The SMILES string of the molecule is CNCc1c(-c2cc(Br)ccc2F)c(C)nn1C. The highest BCUT2D eigenvalue weighted by atomic mass is 79.9. The van der Waals surface area contributed by atoms with Gasteiger partial charge in [0.05, 0.1) is 11.4 Å². The minimum absolute atomic E-state index is 0.230. The Labute approximate surface area is 114 Å². The van der Waals surface area contributed by atoms with Gasteiger partial charge in [-0.15, -0.1) is 0 Å². The summed E-state index contributed by atoms with van der Waals surface area (Å²) in [4.78, 5) is 0. The van der Waals surface area contributed by atoms with Crippen molar-refractivity contribution in [2.45, 2.75) is 13.5 Å². The summed E-state index contributed by atoms with van der Waals surface area (Å²) in [5.74, 6) is -0.230. The predicted octanol–water partition coefficient (Wildman–Crippen LogP) is 3.02. The van der Waals surface area contributed by atoms with Gasteiger partial charge in [0.25, 0.3) is 0 Å². The van der Waals surface area contributed by atoms with E-state index in [0.717, 1.165) is 21.4 Å². The molecule has 0 aliphatic rings. The summed E-state index contributed by atoms with van der Waals surface area (Å²) in [5, 5.41) is 7.46. The van der Waals surface area contributed by atoms with Gasteiger partial charge in [0, 0.05) is 29.2 Å². The molecule has 1 aromatic heterocycles. The summed E-state index contributed by atoms with van der Waals surface area (Å²) in [7, 11) is 3.74. The molecule has 0 saturated carbocycles. The number of hydrogen-bond acceptors (Lipinski definition) is 2. The van der Waals surface area contributed by atoms with Gasteiger partial charge in [0.1, 0.15) is 5.82 Å². The second-order valence-electron chi connectivity index (χ2n) is 4.19.